The third-order valence-electron chi connectivity index (χ3n) is 2.84. The number of H-pyrrole nitrogens is 1. The molecule has 0 saturated heterocycles. The van der Waals surface area contributed by atoms with Gasteiger partial charge in [0.05, 0.1) is 23.0 Å². The number of ether oxygens (including phenoxy) is 1. The van der Waals surface area contributed by atoms with Crippen molar-refractivity contribution in [3.8, 4) is 11.6 Å². The topological polar surface area (TPSA) is 76.8 Å². The van der Waals surface area contributed by atoms with Crippen LogP contribution in [0, 0.1) is 0 Å². The Bertz CT molecular complexity index is 780. The highest BCUT2D eigenvalue weighted by Crippen LogP contribution is 2.31. The molecule has 8 heteroatoms. The molecule has 0 aliphatic heterocycles. The van der Waals surface area contributed by atoms with Gasteiger partial charge in [0.25, 0.3) is 0 Å². The number of aromatic nitrogens is 3. The summed E-state index contributed by atoms with van der Waals surface area (Å²) in [6.07, 6.45) is -2.14. The second-order valence-electron chi connectivity index (χ2n) is 4.33. The molecular formula is C13H9F3N4O. The van der Waals surface area contributed by atoms with E-state index >= 15 is 0 Å². The number of hydrogen-bond acceptors (Lipinski definition) is 4. The van der Waals surface area contributed by atoms with Gasteiger partial charge >= 0.3 is 6.18 Å². The number of alkyl halides is 3. The Morgan fingerprint density at radius 3 is 2.62 bits per heavy atom. The molecule has 0 saturated carbocycles. The molecule has 3 N–H and O–H groups in total. The molecule has 1 aromatic carbocycles. The van der Waals surface area contributed by atoms with Gasteiger partial charge in [-0.1, -0.05) is 0 Å². The Kier molecular flexibility index (Phi) is 2.93. The van der Waals surface area contributed by atoms with Crippen molar-refractivity contribution in [1.29, 1.82) is 0 Å². The fraction of sp³-hybridized carbons (Fsp3) is 0.0769. The fourth-order valence-electron chi connectivity index (χ4n) is 1.84. The number of halogens is 3. The summed E-state index contributed by atoms with van der Waals surface area (Å²) < 4.78 is 42.7. The molecule has 0 atom stereocenters. The van der Waals surface area contributed by atoms with Crippen molar-refractivity contribution in [3.05, 3.63) is 42.2 Å². The van der Waals surface area contributed by atoms with Crippen LogP contribution in [0.25, 0.3) is 10.9 Å². The quantitative estimate of drug-likeness (QED) is 0.711. The summed E-state index contributed by atoms with van der Waals surface area (Å²) in [7, 11) is 0. The Balaban J connectivity index is 1.88. The first-order chi connectivity index (χ1) is 9.93. The highest BCUT2D eigenvalue weighted by Gasteiger charge is 2.30. The lowest BCUT2D eigenvalue weighted by Gasteiger charge is -2.08. The lowest BCUT2D eigenvalue weighted by atomic mass is 10.2. The lowest BCUT2D eigenvalue weighted by molar-refractivity contribution is -0.137. The summed E-state index contributed by atoms with van der Waals surface area (Å²) in [5, 5.41) is 7.31. The summed E-state index contributed by atoms with van der Waals surface area (Å²) in [6.45, 7) is 0. The average molecular weight is 294 g/mol. The zero-order chi connectivity index (χ0) is 15.0. The molecule has 0 amide bonds. The number of aromatic amines is 1. The summed E-state index contributed by atoms with van der Waals surface area (Å²) in [5.41, 5.74) is 6.07. The van der Waals surface area contributed by atoms with Crippen molar-refractivity contribution in [3.63, 3.8) is 0 Å². The maximum absolute atomic E-state index is 12.4. The summed E-state index contributed by atoms with van der Waals surface area (Å²) >= 11 is 0. The van der Waals surface area contributed by atoms with Crippen LogP contribution in [0.15, 0.2) is 36.7 Å². The molecule has 3 rings (SSSR count). The van der Waals surface area contributed by atoms with Gasteiger partial charge in [-0.3, -0.25) is 5.10 Å². The van der Waals surface area contributed by atoms with Gasteiger partial charge in [0.15, 0.2) is 0 Å². The number of nitrogens with zero attached hydrogens (tertiary/aromatic N) is 2. The SMILES string of the molecule is Nc1cc(Oc2ccc(C(F)(F)F)cn2)cc2cn[nH]c12. The van der Waals surface area contributed by atoms with E-state index in [2.05, 4.69) is 15.2 Å². The highest BCUT2D eigenvalue weighted by molar-refractivity contribution is 5.90. The second kappa shape index (κ2) is 4.65. The van der Waals surface area contributed by atoms with Crippen molar-refractivity contribution < 1.29 is 17.9 Å². The predicted octanol–water partition coefficient (Wildman–Crippen LogP) is 3.35. The van der Waals surface area contributed by atoms with Crippen LogP contribution < -0.4 is 10.5 Å². The standard InChI is InChI=1S/C13H9F3N4O/c14-13(15,16)8-1-2-11(18-6-8)21-9-3-7-5-19-20-12(7)10(17)4-9/h1-6H,17H2,(H,19,20). The molecule has 0 bridgehead atoms. The van der Waals surface area contributed by atoms with E-state index in [1.807, 2.05) is 0 Å². The van der Waals surface area contributed by atoms with Crippen LogP contribution in [0.5, 0.6) is 11.6 Å². The minimum atomic E-state index is -4.42. The number of nitrogens with one attached hydrogen (secondary N) is 1. The zero-order valence-corrected chi connectivity index (χ0v) is 10.5. The van der Waals surface area contributed by atoms with E-state index in [-0.39, 0.29) is 5.88 Å². The van der Waals surface area contributed by atoms with Crippen molar-refractivity contribution in [1.82, 2.24) is 15.2 Å². The summed E-state index contributed by atoms with van der Waals surface area (Å²) in [4.78, 5) is 3.63. The summed E-state index contributed by atoms with van der Waals surface area (Å²) in [5.74, 6) is 0.416. The smallest absolute Gasteiger partial charge is 0.417 e. The van der Waals surface area contributed by atoms with Gasteiger partial charge in [0.1, 0.15) is 5.75 Å². The van der Waals surface area contributed by atoms with E-state index in [1.54, 1.807) is 18.3 Å². The number of hydrogen-bond donors (Lipinski definition) is 2. The van der Waals surface area contributed by atoms with Gasteiger partial charge < -0.3 is 10.5 Å². The number of anilines is 1. The van der Waals surface area contributed by atoms with Crippen molar-refractivity contribution in [2.24, 2.45) is 0 Å². The average Bonchev–Trinajstić information content (AvgIpc) is 2.87. The van der Waals surface area contributed by atoms with Gasteiger partial charge in [-0.2, -0.15) is 18.3 Å². The lowest BCUT2D eigenvalue weighted by Crippen LogP contribution is -2.05. The largest absolute Gasteiger partial charge is 0.439 e. The first-order valence-electron chi connectivity index (χ1n) is 5.87. The van der Waals surface area contributed by atoms with Gasteiger partial charge in [0.2, 0.25) is 5.88 Å². The number of pyridine rings is 1. The molecule has 2 aromatic heterocycles. The van der Waals surface area contributed by atoms with E-state index in [4.69, 9.17) is 10.5 Å². The van der Waals surface area contributed by atoms with Gasteiger partial charge in [-0.15, -0.1) is 0 Å². The van der Waals surface area contributed by atoms with Crippen LogP contribution in [0.1, 0.15) is 5.56 Å². The molecule has 0 aliphatic carbocycles. The van der Waals surface area contributed by atoms with E-state index < -0.39 is 11.7 Å². The zero-order valence-electron chi connectivity index (χ0n) is 10.5. The predicted molar refractivity (Wildman–Crippen MR) is 69.8 cm³/mol. The monoisotopic (exact) mass is 294 g/mol. The molecule has 108 valence electrons. The van der Waals surface area contributed by atoms with Gasteiger partial charge in [-0.05, 0) is 12.1 Å². The van der Waals surface area contributed by atoms with Crippen molar-refractivity contribution >= 4 is 16.6 Å². The summed E-state index contributed by atoms with van der Waals surface area (Å²) in [6, 6.07) is 5.26. The van der Waals surface area contributed by atoms with Crippen LogP contribution in [-0.2, 0) is 6.18 Å². The molecule has 21 heavy (non-hydrogen) atoms. The molecule has 0 aliphatic rings. The van der Waals surface area contributed by atoms with Crippen LogP contribution in [0.4, 0.5) is 18.9 Å². The minimum Gasteiger partial charge on any atom is -0.439 e. The highest BCUT2D eigenvalue weighted by atomic mass is 19.4. The van der Waals surface area contributed by atoms with Crippen LogP contribution in [0.3, 0.4) is 0 Å². The normalized spacial score (nSPS) is 11.8. The first-order valence-corrected chi connectivity index (χ1v) is 5.87. The number of nitrogen functional groups attached to an aromatic ring is 1. The van der Waals surface area contributed by atoms with Gasteiger partial charge in [0, 0.05) is 23.7 Å². The molecule has 0 fully saturated rings. The van der Waals surface area contributed by atoms with Crippen molar-refractivity contribution in [2.45, 2.75) is 6.18 Å². The Labute approximate surface area is 116 Å². The third kappa shape index (κ3) is 2.60. The Morgan fingerprint density at radius 2 is 1.95 bits per heavy atom. The number of fused-ring (bicyclic) bond motifs is 1. The Morgan fingerprint density at radius 1 is 1.14 bits per heavy atom. The molecule has 0 spiro atoms. The van der Waals surface area contributed by atoms with E-state index in [1.165, 1.54) is 0 Å². The molecule has 3 aromatic rings. The number of rotatable bonds is 2. The number of benzene rings is 1. The van der Waals surface area contributed by atoms with E-state index in [0.717, 1.165) is 23.7 Å². The molecule has 0 unspecified atom stereocenters. The van der Waals surface area contributed by atoms with E-state index in [0.29, 0.717) is 17.0 Å². The first kappa shape index (κ1) is 13.2. The second-order valence-corrected chi connectivity index (χ2v) is 4.33. The maximum Gasteiger partial charge on any atom is 0.417 e. The molecule has 2 heterocycles. The molecule has 0 radical (unpaired) electrons. The van der Waals surface area contributed by atoms with Crippen LogP contribution >= 0.6 is 0 Å². The molecule has 5 nitrogen and oxygen atoms in total. The third-order valence-corrected chi connectivity index (χ3v) is 2.84. The van der Waals surface area contributed by atoms with Crippen LogP contribution in [0.2, 0.25) is 0 Å². The van der Waals surface area contributed by atoms with E-state index in [9.17, 15) is 13.2 Å². The molecular weight excluding hydrogens is 285 g/mol. The van der Waals surface area contributed by atoms with Gasteiger partial charge in [-0.25, -0.2) is 4.98 Å². The maximum atomic E-state index is 12.4. The van der Waals surface area contributed by atoms with Crippen molar-refractivity contribution in [2.75, 3.05) is 5.73 Å². The Hall–Kier alpha value is -2.77. The van der Waals surface area contributed by atoms with Crippen LogP contribution in [-0.4, -0.2) is 15.2 Å². The minimum absolute atomic E-state index is 0.0465. The fourth-order valence-corrected chi connectivity index (χ4v) is 1.84. The number of nitrogens with two attached hydrogens (primary N) is 1.